The van der Waals surface area contributed by atoms with E-state index in [4.69, 9.17) is 11.1 Å². The van der Waals surface area contributed by atoms with Crippen molar-refractivity contribution in [3.05, 3.63) is 35.4 Å². The van der Waals surface area contributed by atoms with Gasteiger partial charge in [-0.1, -0.05) is 42.4 Å². The number of nitrogens with two attached hydrogens (primary N) is 1. The molecule has 1 aliphatic heterocycles. The van der Waals surface area contributed by atoms with Crippen LogP contribution in [0.5, 0.6) is 0 Å². The van der Waals surface area contributed by atoms with Crippen molar-refractivity contribution >= 4 is 16.9 Å². The molecule has 0 aliphatic carbocycles. The third-order valence-electron chi connectivity index (χ3n) is 3.24. The lowest BCUT2D eigenvalue weighted by atomic mass is 10.1. The van der Waals surface area contributed by atoms with Crippen molar-refractivity contribution in [3.8, 4) is 0 Å². The number of nitrogens with one attached hydrogen (secondary N) is 1. The van der Waals surface area contributed by atoms with Crippen LogP contribution in [0.1, 0.15) is 30.4 Å². The number of likely N-dealkylation sites (tertiary alicyclic amines) is 1. The van der Waals surface area contributed by atoms with Crippen LogP contribution in [0.25, 0.3) is 0 Å². The first-order valence-electron chi connectivity index (χ1n) is 6.51. The minimum absolute atomic E-state index is 0.191. The van der Waals surface area contributed by atoms with Crippen LogP contribution in [0.2, 0.25) is 0 Å². The standard InChI is InChI=1S/C14H21N3S/c15-14(16)18-11-13-6-4-5-12(9-13)10-17-7-2-1-3-8-17/h4-6,9H,1-3,7-8,10-11H2,(H3,15,16). The Labute approximate surface area is 113 Å². The van der Waals surface area contributed by atoms with Gasteiger partial charge in [-0.25, -0.2) is 0 Å². The molecular weight excluding hydrogens is 242 g/mol. The van der Waals surface area contributed by atoms with E-state index in [9.17, 15) is 0 Å². The molecule has 0 amide bonds. The van der Waals surface area contributed by atoms with E-state index < -0.39 is 0 Å². The molecule has 1 heterocycles. The Morgan fingerprint density at radius 3 is 2.67 bits per heavy atom. The molecule has 2 rings (SSSR count). The highest BCUT2D eigenvalue weighted by molar-refractivity contribution is 8.13. The summed E-state index contributed by atoms with van der Waals surface area (Å²) < 4.78 is 0. The van der Waals surface area contributed by atoms with Crippen molar-refractivity contribution in [2.75, 3.05) is 13.1 Å². The molecule has 0 radical (unpaired) electrons. The van der Waals surface area contributed by atoms with Gasteiger partial charge in [0.15, 0.2) is 5.17 Å². The Morgan fingerprint density at radius 1 is 1.22 bits per heavy atom. The summed E-state index contributed by atoms with van der Waals surface area (Å²) in [7, 11) is 0. The second-order valence-corrected chi connectivity index (χ2v) is 5.83. The molecule has 4 heteroatoms. The molecule has 1 aromatic carbocycles. The predicted molar refractivity (Wildman–Crippen MR) is 78.8 cm³/mol. The Kier molecular flexibility index (Phi) is 5.08. The second kappa shape index (κ2) is 6.81. The van der Waals surface area contributed by atoms with Crippen LogP contribution in [-0.4, -0.2) is 23.2 Å². The molecule has 3 N–H and O–H groups in total. The Balaban J connectivity index is 1.91. The fourth-order valence-corrected chi connectivity index (χ4v) is 2.86. The Hall–Kier alpha value is -1.00. The molecule has 18 heavy (non-hydrogen) atoms. The van der Waals surface area contributed by atoms with Crippen LogP contribution >= 0.6 is 11.8 Å². The van der Waals surface area contributed by atoms with Gasteiger partial charge >= 0.3 is 0 Å². The lowest BCUT2D eigenvalue weighted by molar-refractivity contribution is 0.221. The first-order valence-corrected chi connectivity index (χ1v) is 7.49. The molecule has 0 unspecified atom stereocenters. The smallest absolute Gasteiger partial charge is 0.151 e. The lowest BCUT2D eigenvalue weighted by Crippen LogP contribution is -2.29. The minimum atomic E-state index is 0.191. The first kappa shape index (κ1) is 13.4. The topological polar surface area (TPSA) is 53.1 Å². The molecule has 0 atom stereocenters. The predicted octanol–water partition coefficient (Wildman–Crippen LogP) is 2.80. The van der Waals surface area contributed by atoms with Crippen LogP contribution in [0, 0.1) is 5.41 Å². The van der Waals surface area contributed by atoms with E-state index in [2.05, 4.69) is 29.2 Å². The van der Waals surface area contributed by atoms with Crippen molar-refractivity contribution < 1.29 is 0 Å². The number of piperidine rings is 1. The van der Waals surface area contributed by atoms with Gasteiger partial charge in [-0.2, -0.15) is 0 Å². The van der Waals surface area contributed by atoms with Gasteiger partial charge in [0.25, 0.3) is 0 Å². The van der Waals surface area contributed by atoms with Crippen LogP contribution in [0.4, 0.5) is 0 Å². The van der Waals surface area contributed by atoms with Gasteiger partial charge in [0.05, 0.1) is 0 Å². The van der Waals surface area contributed by atoms with Crippen molar-refractivity contribution in [1.82, 2.24) is 4.90 Å². The van der Waals surface area contributed by atoms with Crippen molar-refractivity contribution in [3.63, 3.8) is 0 Å². The molecular formula is C14H21N3S. The largest absolute Gasteiger partial charge is 0.379 e. The van der Waals surface area contributed by atoms with Gasteiger partial charge in [-0.05, 0) is 37.1 Å². The van der Waals surface area contributed by atoms with Crippen LogP contribution in [0.15, 0.2) is 24.3 Å². The van der Waals surface area contributed by atoms with Crippen LogP contribution in [-0.2, 0) is 12.3 Å². The maximum atomic E-state index is 7.24. The molecule has 1 saturated heterocycles. The van der Waals surface area contributed by atoms with E-state index in [0.717, 1.165) is 12.3 Å². The highest BCUT2D eigenvalue weighted by atomic mass is 32.2. The average Bonchev–Trinajstić information content (AvgIpc) is 2.38. The monoisotopic (exact) mass is 263 g/mol. The van der Waals surface area contributed by atoms with Gasteiger partial charge in [-0.3, -0.25) is 10.3 Å². The summed E-state index contributed by atoms with van der Waals surface area (Å²) in [6, 6.07) is 8.64. The summed E-state index contributed by atoms with van der Waals surface area (Å²) in [6.07, 6.45) is 4.05. The van der Waals surface area contributed by atoms with E-state index in [1.54, 1.807) is 0 Å². The Morgan fingerprint density at radius 2 is 1.94 bits per heavy atom. The molecule has 0 saturated carbocycles. The molecule has 1 aliphatic rings. The number of benzene rings is 1. The van der Waals surface area contributed by atoms with Crippen molar-refractivity contribution in [2.24, 2.45) is 5.73 Å². The number of thioether (sulfide) groups is 1. The Bertz CT molecular complexity index is 400. The highest BCUT2D eigenvalue weighted by Gasteiger charge is 2.10. The summed E-state index contributed by atoms with van der Waals surface area (Å²) in [5.41, 5.74) is 7.99. The molecule has 0 spiro atoms. The lowest BCUT2D eigenvalue weighted by Gasteiger charge is -2.26. The molecule has 1 aromatic rings. The normalized spacial score (nSPS) is 16.7. The number of nitrogens with zero attached hydrogens (tertiary/aromatic N) is 1. The zero-order chi connectivity index (χ0) is 12.8. The first-order chi connectivity index (χ1) is 8.74. The molecule has 0 bridgehead atoms. The molecule has 1 fully saturated rings. The zero-order valence-electron chi connectivity index (χ0n) is 10.7. The van der Waals surface area contributed by atoms with Gasteiger partial charge in [0.1, 0.15) is 0 Å². The van der Waals surface area contributed by atoms with Gasteiger partial charge < -0.3 is 5.73 Å². The molecule has 3 nitrogen and oxygen atoms in total. The fraction of sp³-hybridized carbons (Fsp3) is 0.500. The molecule has 0 aromatic heterocycles. The van der Waals surface area contributed by atoms with Crippen molar-refractivity contribution in [2.45, 2.75) is 31.6 Å². The van der Waals surface area contributed by atoms with E-state index in [-0.39, 0.29) is 5.17 Å². The van der Waals surface area contributed by atoms with Gasteiger partial charge in [0.2, 0.25) is 0 Å². The van der Waals surface area contributed by atoms with E-state index >= 15 is 0 Å². The summed E-state index contributed by atoms with van der Waals surface area (Å²) in [4.78, 5) is 2.53. The van der Waals surface area contributed by atoms with Crippen LogP contribution in [0.3, 0.4) is 0 Å². The SMILES string of the molecule is N=C(N)SCc1cccc(CN2CCCCC2)c1. The quantitative estimate of drug-likeness (QED) is 0.649. The number of hydrogen-bond acceptors (Lipinski definition) is 3. The zero-order valence-corrected chi connectivity index (χ0v) is 11.5. The van der Waals surface area contributed by atoms with Crippen molar-refractivity contribution in [1.29, 1.82) is 5.41 Å². The summed E-state index contributed by atoms with van der Waals surface area (Å²) in [5, 5.41) is 7.43. The highest BCUT2D eigenvalue weighted by Crippen LogP contribution is 2.16. The third-order valence-corrected chi connectivity index (χ3v) is 4.03. The number of hydrogen-bond donors (Lipinski definition) is 2. The summed E-state index contributed by atoms with van der Waals surface area (Å²) in [5.74, 6) is 0.795. The summed E-state index contributed by atoms with van der Waals surface area (Å²) >= 11 is 1.39. The number of amidine groups is 1. The molecule has 98 valence electrons. The summed E-state index contributed by atoms with van der Waals surface area (Å²) in [6.45, 7) is 3.51. The third kappa shape index (κ3) is 4.35. The van der Waals surface area contributed by atoms with Gasteiger partial charge in [-0.15, -0.1) is 0 Å². The number of rotatable bonds is 4. The minimum Gasteiger partial charge on any atom is -0.379 e. The van der Waals surface area contributed by atoms with Crippen LogP contribution < -0.4 is 5.73 Å². The van der Waals surface area contributed by atoms with E-state index in [0.29, 0.717) is 0 Å². The fourth-order valence-electron chi connectivity index (χ4n) is 2.35. The van der Waals surface area contributed by atoms with Gasteiger partial charge in [0, 0.05) is 12.3 Å². The van der Waals surface area contributed by atoms with E-state index in [1.165, 1.54) is 55.2 Å². The maximum absolute atomic E-state index is 7.24. The maximum Gasteiger partial charge on any atom is 0.151 e. The van der Waals surface area contributed by atoms with E-state index in [1.807, 2.05) is 0 Å². The average molecular weight is 263 g/mol. The second-order valence-electron chi connectivity index (χ2n) is 4.81.